The van der Waals surface area contributed by atoms with E-state index in [0.29, 0.717) is 38.5 Å². The number of rotatable bonds is 7. The van der Waals surface area contributed by atoms with Gasteiger partial charge in [-0.15, -0.1) is 0 Å². The van der Waals surface area contributed by atoms with Gasteiger partial charge in [0.25, 0.3) is 10.2 Å². The predicted octanol–water partition coefficient (Wildman–Crippen LogP) is 4.97. The normalized spacial score (nSPS) is 22.9. The second-order valence-corrected chi connectivity index (χ2v) is 18.0. The minimum Gasteiger partial charge on any atom is -0.378 e. The molecule has 2 aliphatic heterocycles. The number of aryl methyl sites for hydroxylation is 1. The van der Waals surface area contributed by atoms with Gasteiger partial charge in [-0.2, -0.15) is 21.3 Å². The summed E-state index contributed by atoms with van der Waals surface area (Å²) in [4.78, 5) is 4.71. The zero-order valence-electron chi connectivity index (χ0n) is 28.4. The molecule has 2 aromatic carbocycles. The Balaban J connectivity index is 1.38. The summed E-state index contributed by atoms with van der Waals surface area (Å²) >= 11 is 0. The molecule has 1 aliphatic carbocycles. The zero-order chi connectivity index (χ0) is 32.9. The standard InChI is InChI=1S/C35H55N5O4S2/c1-29-12-13-33-28-40(23-18-32(33)24-29)46(43,44)39-22-9-20-37(27-31-10-6-5-7-11-31)19-8-21-38(25-30(2)26-39)45(41,42)35-16-14-34(15-17-35)36(3)4/h12-17,24,30-31H,5-11,18-23,25-28H2,1-4H3/t30-/m0/s1. The quantitative estimate of drug-likeness (QED) is 0.413. The maximum atomic E-state index is 14.3. The molecule has 256 valence electrons. The summed E-state index contributed by atoms with van der Waals surface area (Å²) in [6, 6.07) is 13.3. The van der Waals surface area contributed by atoms with E-state index in [9.17, 15) is 16.8 Å². The topological polar surface area (TPSA) is 84.5 Å². The average molecular weight is 674 g/mol. The van der Waals surface area contributed by atoms with Crippen LogP contribution in [0.25, 0.3) is 0 Å². The van der Waals surface area contributed by atoms with Gasteiger partial charge in [-0.3, -0.25) is 0 Å². The van der Waals surface area contributed by atoms with E-state index in [1.165, 1.54) is 43.2 Å². The third kappa shape index (κ3) is 8.71. The van der Waals surface area contributed by atoms with E-state index in [0.717, 1.165) is 43.7 Å². The first-order valence-corrected chi connectivity index (χ1v) is 20.1. The Bertz CT molecular complexity index is 1510. The van der Waals surface area contributed by atoms with Crippen molar-refractivity contribution in [1.29, 1.82) is 0 Å². The first kappa shape index (κ1) is 35.3. The third-order valence-corrected chi connectivity index (χ3v) is 13.8. The Hall–Kier alpha value is -2.02. The van der Waals surface area contributed by atoms with Crippen molar-refractivity contribution in [3.63, 3.8) is 0 Å². The fraction of sp³-hybridized carbons (Fsp3) is 0.657. The highest BCUT2D eigenvalue weighted by Gasteiger charge is 2.35. The molecular weight excluding hydrogens is 619 g/mol. The Kier molecular flexibility index (Phi) is 11.9. The molecule has 0 amide bonds. The van der Waals surface area contributed by atoms with Gasteiger partial charge in [0, 0.05) is 65.6 Å². The molecular formula is C35H55N5O4S2. The monoisotopic (exact) mass is 673 g/mol. The number of anilines is 1. The molecule has 2 fully saturated rings. The highest BCUT2D eigenvalue weighted by atomic mass is 32.2. The summed E-state index contributed by atoms with van der Waals surface area (Å²) in [6.45, 7) is 8.93. The van der Waals surface area contributed by atoms with Crippen LogP contribution < -0.4 is 4.90 Å². The maximum absolute atomic E-state index is 14.3. The van der Waals surface area contributed by atoms with Crippen LogP contribution in [0, 0.1) is 18.8 Å². The molecule has 0 aromatic heterocycles. The van der Waals surface area contributed by atoms with Gasteiger partial charge in [0.05, 0.1) is 4.90 Å². The number of sulfonamides is 1. The molecule has 2 aromatic rings. The van der Waals surface area contributed by atoms with Crippen LogP contribution in [0.1, 0.15) is 68.6 Å². The molecule has 1 atom stereocenters. The Morgan fingerprint density at radius 2 is 1.39 bits per heavy atom. The van der Waals surface area contributed by atoms with Crippen molar-refractivity contribution in [2.24, 2.45) is 11.8 Å². The van der Waals surface area contributed by atoms with Crippen molar-refractivity contribution < 1.29 is 16.8 Å². The minimum atomic E-state index is -3.76. The summed E-state index contributed by atoms with van der Waals surface area (Å²) in [5.74, 6) is 0.483. The third-order valence-electron chi connectivity index (χ3n) is 10.0. The van der Waals surface area contributed by atoms with E-state index in [1.807, 2.05) is 38.1 Å². The zero-order valence-corrected chi connectivity index (χ0v) is 30.0. The number of hydrogen-bond acceptors (Lipinski definition) is 6. The van der Waals surface area contributed by atoms with Gasteiger partial charge in [0.2, 0.25) is 10.0 Å². The van der Waals surface area contributed by atoms with Crippen LogP contribution in [0.4, 0.5) is 5.69 Å². The molecule has 1 saturated carbocycles. The molecule has 11 heteroatoms. The van der Waals surface area contributed by atoms with Gasteiger partial charge in [0.15, 0.2) is 0 Å². The average Bonchev–Trinajstić information content (AvgIpc) is 3.03. The van der Waals surface area contributed by atoms with Gasteiger partial charge in [0.1, 0.15) is 0 Å². The molecule has 0 radical (unpaired) electrons. The van der Waals surface area contributed by atoms with Crippen LogP contribution in [0.5, 0.6) is 0 Å². The van der Waals surface area contributed by atoms with Crippen LogP contribution in [-0.2, 0) is 33.2 Å². The number of nitrogens with zero attached hydrogens (tertiary/aromatic N) is 5. The fourth-order valence-corrected chi connectivity index (χ4v) is 10.8. The van der Waals surface area contributed by atoms with E-state index in [-0.39, 0.29) is 23.9 Å². The molecule has 0 spiro atoms. The summed E-state index contributed by atoms with van der Waals surface area (Å²) in [5.41, 5.74) is 4.43. The van der Waals surface area contributed by atoms with E-state index in [1.54, 1.807) is 25.0 Å². The SMILES string of the molecule is Cc1ccc2c(c1)CCN(S(=O)(=O)N1CCCN(CC3CCCCC3)CCCN(S(=O)(=O)c3ccc(N(C)C)cc3)C[C@H](C)C1)C2. The molecule has 0 unspecified atom stereocenters. The smallest absolute Gasteiger partial charge is 0.282 e. The highest BCUT2D eigenvalue weighted by molar-refractivity contribution is 7.89. The van der Waals surface area contributed by atoms with Gasteiger partial charge < -0.3 is 9.80 Å². The first-order chi connectivity index (χ1) is 21.9. The van der Waals surface area contributed by atoms with Crippen molar-refractivity contribution in [1.82, 2.24) is 17.8 Å². The van der Waals surface area contributed by atoms with Crippen LogP contribution >= 0.6 is 0 Å². The van der Waals surface area contributed by atoms with Crippen molar-refractivity contribution in [3.8, 4) is 0 Å². The lowest BCUT2D eigenvalue weighted by Gasteiger charge is -2.36. The number of fused-ring (bicyclic) bond motifs is 1. The van der Waals surface area contributed by atoms with Crippen molar-refractivity contribution >= 4 is 25.9 Å². The van der Waals surface area contributed by atoms with Gasteiger partial charge in [-0.25, -0.2) is 8.42 Å². The van der Waals surface area contributed by atoms with Crippen molar-refractivity contribution in [2.45, 2.75) is 76.7 Å². The molecule has 46 heavy (non-hydrogen) atoms. The Labute approximate surface area is 278 Å². The van der Waals surface area contributed by atoms with Crippen LogP contribution in [0.2, 0.25) is 0 Å². The second kappa shape index (κ2) is 15.5. The Morgan fingerprint density at radius 1 is 0.739 bits per heavy atom. The summed E-state index contributed by atoms with van der Waals surface area (Å²) < 4.78 is 61.5. The largest absolute Gasteiger partial charge is 0.378 e. The van der Waals surface area contributed by atoms with E-state index in [2.05, 4.69) is 30.0 Å². The fourth-order valence-electron chi connectivity index (χ4n) is 7.42. The molecule has 0 N–H and O–H groups in total. The van der Waals surface area contributed by atoms with Crippen LogP contribution in [-0.4, -0.2) is 101 Å². The van der Waals surface area contributed by atoms with Crippen LogP contribution in [0.3, 0.4) is 0 Å². The lowest BCUT2D eigenvalue weighted by Crippen LogP contribution is -2.49. The molecule has 2 heterocycles. The Morgan fingerprint density at radius 3 is 2.07 bits per heavy atom. The first-order valence-electron chi connectivity index (χ1n) is 17.3. The van der Waals surface area contributed by atoms with Crippen LogP contribution in [0.15, 0.2) is 47.4 Å². The van der Waals surface area contributed by atoms with Gasteiger partial charge >= 0.3 is 0 Å². The molecule has 3 aliphatic rings. The summed E-state index contributed by atoms with van der Waals surface area (Å²) in [6.07, 6.45) is 8.57. The molecule has 0 bridgehead atoms. The lowest BCUT2D eigenvalue weighted by molar-refractivity contribution is 0.179. The van der Waals surface area contributed by atoms with Crippen molar-refractivity contribution in [3.05, 3.63) is 59.2 Å². The second-order valence-electron chi connectivity index (χ2n) is 14.1. The lowest BCUT2D eigenvalue weighted by atomic mass is 9.89. The van der Waals surface area contributed by atoms with E-state index >= 15 is 0 Å². The van der Waals surface area contributed by atoms with E-state index in [4.69, 9.17) is 0 Å². The van der Waals surface area contributed by atoms with Gasteiger partial charge in [-0.1, -0.05) is 49.9 Å². The summed E-state index contributed by atoms with van der Waals surface area (Å²) in [5, 5.41) is 0. The number of hydrogen-bond donors (Lipinski definition) is 0. The summed E-state index contributed by atoms with van der Waals surface area (Å²) in [7, 11) is -3.64. The maximum Gasteiger partial charge on any atom is 0.282 e. The van der Waals surface area contributed by atoms with E-state index < -0.39 is 20.2 Å². The molecule has 1 saturated heterocycles. The minimum absolute atomic E-state index is 0.178. The highest BCUT2D eigenvalue weighted by Crippen LogP contribution is 2.28. The van der Waals surface area contributed by atoms with Crippen molar-refractivity contribution in [2.75, 3.05) is 71.4 Å². The predicted molar refractivity (Wildman–Crippen MR) is 187 cm³/mol. The number of benzene rings is 2. The molecule has 9 nitrogen and oxygen atoms in total. The van der Waals surface area contributed by atoms with Gasteiger partial charge in [-0.05, 0) is 99.3 Å². The molecule has 5 rings (SSSR count).